The van der Waals surface area contributed by atoms with Crippen molar-refractivity contribution in [2.75, 3.05) is 24.4 Å². The van der Waals surface area contributed by atoms with Gasteiger partial charge in [-0.15, -0.1) is 0 Å². The van der Waals surface area contributed by atoms with Crippen molar-refractivity contribution in [3.63, 3.8) is 0 Å². The summed E-state index contributed by atoms with van der Waals surface area (Å²) in [5.41, 5.74) is 2.76. The summed E-state index contributed by atoms with van der Waals surface area (Å²) in [4.78, 5) is 17.7. The molecule has 2 N–H and O–H groups in total. The molecule has 8 nitrogen and oxygen atoms in total. The van der Waals surface area contributed by atoms with Crippen LogP contribution in [0.3, 0.4) is 0 Å². The first-order valence-corrected chi connectivity index (χ1v) is 10.2. The molecule has 1 atom stereocenters. The zero-order valence-corrected chi connectivity index (χ0v) is 17.8. The number of benzene rings is 2. The summed E-state index contributed by atoms with van der Waals surface area (Å²) in [6, 6.07) is 14.6. The number of aromatic nitrogens is 3. The SMILES string of the molecule is CCCOc1ccc([C@@H]2C(C(=O)Nc3ccccc3OC)=C(C)Nc3ncnn32)cc1. The number of anilines is 2. The van der Waals surface area contributed by atoms with Crippen LogP contribution in [0, 0.1) is 0 Å². The molecule has 1 aromatic heterocycles. The molecule has 0 bridgehead atoms. The molecule has 0 saturated heterocycles. The zero-order valence-electron chi connectivity index (χ0n) is 17.8. The summed E-state index contributed by atoms with van der Waals surface area (Å²) in [5, 5.41) is 10.5. The van der Waals surface area contributed by atoms with Crippen molar-refractivity contribution in [1.29, 1.82) is 0 Å². The highest BCUT2D eigenvalue weighted by Gasteiger charge is 2.33. The molecule has 2 aromatic carbocycles. The number of amides is 1. The topological polar surface area (TPSA) is 90.3 Å². The van der Waals surface area contributed by atoms with E-state index in [2.05, 4.69) is 27.6 Å². The first-order valence-electron chi connectivity index (χ1n) is 10.2. The van der Waals surface area contributed by atoms with Crippen molar-refractivity contribution in [2.45, 2.75) is 26.3 Å². The number of carbonyl (C=O) groups is 1. The van der Waals surface area contributed by atoms with Gasteiger partial charge in [0.1, 0.15) is 23.9 Å². The van der Waals surface area contributed by atoms with Gasteiger partial charge in [-0.25, -0.2) is 4.68 Å². The number of nitrogens with zero attached hydrogens (tertiary/aromatic N) is 3. The Bertz CT molecular complexity index is 1100. The van der Waals surface area contributed by atoms with Crippen molar-refractivity contribution in [2.24, 2.45) is 0 Å². The molecule has 160 valence electrons. The molecule has 31 heavy (non-hydrogen) atoms. The summed E-state index contributed by atoms with van der Waals surface area (Å²) >= 11 is 0. The molecular weight excluding hydrogens is 394 g/mol. The van der Waals surface area contributed by atoms with Crippen LogP contribution < -0.4 is 20.1 Å². The van der Waals surface area contributed by atoms with Gasteiger partial charge in [0.25, 0.3) is 5.91 Å². The normalized spacial score (nSPS) is 15.1. The summed E-state index contributed by atoms with van der Waals surface area (Å²) in [7, 11) is 1.57. The van der Waals surface area contributed by atoms with Gasteiger partial charge >= 0.3 is 0 Å². The third kappa shape index (κ3) is 4.09. The Kier molecular flexibility index (Phi) is 5.88. The number of rotatable bonds is 7. The van der Waals surface area contributed by atoms with Gasteiger partial charge < -0.3 is 20.1 Å². The molecule has 1 amide bonds. The molecule has 4 rings (SSSR count). The van der Waals surface area contributed by atoms with Gasteiger partial charge in [0.2, 0.25) is 5.95 Å². The van der Waals surface area contributed by atoms with E-state index in [9.17, 15) is 4.79 Å². The molecular formula is C23H25N5O3. The number of nitrogens with one attached hydrogen (secondary N) is 2. The summed E-state index contributed by atoms with van der Waals surface area (Å²) < 4.78 is 12.8. The van der Waals surface area contributed by atoms with Crippen LogP contribution in [0.5, 0.6) is 11.5 Å². The Morgan fingerprint density at radius 3 is 2.71 bits per heavy atom. The second-order valence-electron chi connectivity index (χ2n) is 7.17. The minimum absolute atomic E-state index is 0.244. The smallest absolute Gasteiger partial charge is 0.255 e. The number of methoxy groups -OCH3 is 1. The Morgan fingerprint density at radius 1 is 1.19 bits per heavy atom. The minimum Gasteiger partial charge on any atom is -0.495 e. The molecule has 8 heteroatoms. The lowest BCUT2D eigenvalue weighted by Gasteiger charge is -2.29. The molecule has 3 aromatic rings. The Hall–Kier alpha value is -3.81. The third-order valence-corrected chi connectivity index (χ3v) is 5.06. The van der Waals surface area contributed by atoms with Crippen LogP contribution in [-0.2, 0) is 4.79 Å². The van der Waals surface area contributed by atoms with Crippen LogP contribution in [-0.4, -0.2) is 34.4 Å². The number of carbonyl (C=O) groups excluding carboxylic acids is 1. The van der Waals surface area contributed by atoms with E-state index in [4.69, 9.17) is 9.47 Å². The number of ether oxygens (including phenoxy) is 2. The average molecular weight is 419 g/mol. The van der Waals surface area contributed by atoms with Gasteiger partial charge in [-0.05, 0) is 43.2 Å². The molecule has 0 spiro atoms. The maximum absolute atomic E-state index is 13.4. The lowest BCUT2D eigenvalue weighted by molar-refractivity contribution is -0.113. The van der Waals surface area contributed by atoms with E-state index < -0.39 is 6.04 Å². The standard InChI is InChI=1S/C23H25N5O3/c1-4-13-31-17-11-9-16(10-12-17)21-20(15(2)26-23-24-14-25-28(21)23)22(29)27-18-7-5-6-8-19(18)30-3/h5-12,14,21H,4,13H2,1-3H3,(H,27,29)(H,24,25,26)/t21-/m1/s1. The van der Waals surface area contributed by atoms with E-state index in [1.165, 1.54) is 6.33 Å². The molecule has 2 heterocycles. The predicted molar refractivity (Wildman–Crippen MR) is 118 cm³/mol. The highest BCUT2D eigenvalue weighted by atomic mass is 16.5. The van der Waals surface area contributed by atoms with E-state index in [0.717, 1.165) is 17.7 Å². The molecule has 0 saturated carbocycles. The molecule has 0 fully saturated rings. The molecule has 1 aliphatic rings. The van der Waals surface area contributed by atoms with E-state index in [1.807, 2.05) is 43.3 Å². The van der Waals surface area contributed by atoms with Gasteiger partial charge in [-0.2, -0.15) is 10.1 Å². The minimum atomic E-state index is -0.436. The van der Waals surface area contributed by atoms with Crippen LogP contribution in [0.1, 0.15) is 31.9 Å². The molecule has 0 unspecified atom stereocenters. The van der Waals surface area contributed by atoms with E-state index >= 15 is 0 Å². The second-order valence-corrected chi connectivity index (χ2v) is 7.17. The number of fused-ring (bicyclic) bond motifs is 1. The Labute approximate surface area is 180 Å². The zero-order chi connectivity index (χ0) is 21.8. The van der Waals surface area contributed by atoms with Gasteiger partial charge in [-0.1, -0.05) is 31.2 Å². The summed E-state index contributed by atoms with van der Waals surface area (Å²) in [5.74, 6) is 1.72. The van der Waals surface area contributed by atoms with Gasteiger partial charge in [0.15, 0.2) is 0 Å². The van der Waals surface area contributed by atoms with Crippen LogP contribution in [0.4, 0.5) is 11.6 Å². The third-order valence-electron chi connectivity index (χ3n) is 5.06. The Balaban J connectivity index is 1.70. The van der Waals surface area contributed by atoms with Crippen LogP contribution in [0.2, 0.25) is 0 Å². The maximum Gasteiger partial charge on any atom is 0.255 e. The van der Waals surface area contributed by atoms with E-state index in [1.54, 1.807) is 23.9 Å². The lowest BCUT2D eigenvalue weighted by Crippen LogP contribution is -2.31. The predicted octanol–water partition coefficient (Wildman–Crippen LogP) is 4.00. The first kappa shape index (κ1) is 20.5. The van der Waals surface area contributed by atoms with Gasteiger partial charge in [0.05, 0.1) is 25.0 Å². The van der Waals surface area contributed by atoms with Crippen molar-refractivity contribution in [3.8, 4) is 11.5 Å². The largest absolute Gasteiger partial charge is 0.495 e. The first-order chi connectivity index (χ1) is 15.1. The van der Waals surface area contributed by atoms with Gasteiger partial charge in [0, 0.05) is 5.70 Å². The second kappa shape index (κ2) is 8.91. The monoisotopic (exact) mass is 419 g/mol. The molecule has 1 aliphatic heterocycles. The number of allylic oxidation sites excluding steroid dienone is 1. The average Bonchev–Trinajstić information content (AvgIpc) is 3.25. The molecule has 0 aliphatic carbocycles. The fraction of sp³-hybridized carbons (Fsp3) is 0.261. The van der Waals surface area contributed by atoms with Crippen LogP contribution in [0.25, 0.3) is 0 Å². The number of hydrogen-bond acceptors (Lipinski definition) is 6. The summed E-state index contributed by atoms with van der Waals surface area (Å²) in [6.45, 7) is 4.59. The number of para-hydroxylation sites is 2. The number of hydrogen-bond donors (Lipinski definition) is 2. The highest BCUT2D eigenvalue weighted by molar-refractivity contribution is 6.06. The van der Waals surface area contributed by atoms with Crippen molar-refractivity contribution in [1.82, 2.24) is 14.8 Å². The van der Waals surface area contributed by atoms with Crippen LogP contribution in [0.15, 0.2) is 66.1 Å². The van der Waals surface area contributed by atoms with Crippen molar-refractivity contribution < 1.29 is 14.3 Å². The molecule has 0 radical (unpaired) electrons. The highest BCUT2D eigenvalue weighted by Crippen LogP contribution is 2.36. The Morgan fingerprint density at radius 2 is 1.97 bits per heavy atom. The quantitative estimate of drug-likeness (QED) is 0.602. The fourth-order valence-corrected chi connectivity index (χ4v) is 3.60. The summed E-state index contributed by atoms with van der Waals surface area (Å²) in [6.07, 6.45) is 2.41. The lowest BCUT2D eigenvalue weighted by atomic mass is 9.95. The van der Waals surface area contributed by atoms with Gasteiger partial charge in [-0.3, -0.25) is 4.79 Å². The maximum atomic E-state index is 13.4. The fourth-order valence-electron chi connectivity index (χ4n) is 3.60. The van der Waals surface area contributed by atoms with Crippen molar-refractivity contribution >= 4 is 17.5 Å². The van der Waals surface area contributed by atoms with Crippen molar-refractivity contribution in [3.05, 3.63) is 71.7 Å². The van der Waals surface area contributed by atoms with E-state index in [-0.39, 0.29) is 5.91 Å². The van der Waals surface area contributed by atoms with Crippen LogP contribution >= 0.6 is 0 Å². The van der Waals surface area contributed by atoms with E-state index in [0.29, 0.717) is 35.3 Å².